The molecule has 0 atom stereocenters. The summed E-state index contributed by atoms with van der Waals surface area (Å²) in [7, 11) is -14.0. The van der Waals surface area contributed by atoms with Crippen LogP contribution in [0, 0.1) is 0 Å². The number of rotatable bonds is 2. The normalized spacial score (nSPS) is 13.6. The van der Waals surface area contributed by atoms with Crippen molar-refractivity contribution >= 4 is 20.2 Å². The summed E-state index contributed by atoms with van der Waals surface area (Å²) in [5.41, 5.74) is 0. The van der Waals surface area contributed by atoms with E-state index >= 15 is 0 Å². The van der Waals surface area contributed by atoms with Crippen LogP contribution in [0.5, 0.6) is 0 Å². The molecule has 0 unspecified atom stereocenters. The fourth-order valence-corrected chi connectivity index (χ4v) is 1.98. The minimum absolute atomic E-state index is 0. The third kappa shape index (κ3) is 4.03. The van der Waals surface area contributed by atoms with Crippen LogP contribution < -0.4 is 59.1 Å². The summed E-state index contributed by atoms with van der Waals surface area (Å²) in [6.45, 7) is 0. The van der Waals surface area contributed by atoms with Gasteiger partial charge in [0, 0.05) is 0 Å². The predicted molar refractivity (Wildman–Crippen MR) is 29.3 cm³/mol. The maximum Gasteiger partial charge on any atom is 1.00 e. The molecule has 0 saturated heterocycles. The first kappa shape index (κ1) is 22.7. The van der Waals surface area contributed by atoms with Gasteiger partial charge in [-0.3, -0.25) is 0 Å². The molecule has 0 aromatic rings. The molecule has 0 aromatic heterocycles. The second-order valence-corrected chi connectivity index (χ2v) is 5.14. The Balaban J connectivity index is -0.000000845. The first-order chi connectivity index (χ1) is 5.75. The van der Waals surface area contributed by atoms with Gasteiger partial charge in [-0.05, 0) is 0 Å². The van der Waals surface area contributed by atoms with E-state index in [0.29, 0.717) is 0 Å². The van der Waals surface area contributed by atoms with Gasteiger partial charge in [0.25, 0.3) is 0 Å². The maximum absolute atomic E-state index is 12.4. The molecule has 0 rings (SSSR count). The van der Waals surface area contributed by atoms with Gasteiger partial charge in [-0.2, -0.15) is 13.2 Å². The Labute approximate surface area is 132 Å². The first-order valence-corrected chi connectivity index (χ1v) is 5.23. The smallest absolute Gasteiger partial charge is 0.744 e. The molecule has 86 valence electrons. The third-order valence-electron chi connectivity index (χ3n) is 0.982. The minimum atomic E-state index is -7.02. The second kappa shape index (κ2) is 6.12. The van der Waals surface area contributed by atoms with Crippen LogP contribution in [-0.4, -0.2) is 36.5 Å². The number of halogens is 4. The van der Waals surface area contributed by atoms with Crippen molar-refractivity contribution in [3.63, 3.8) is 0 Å². The average Bonchev–Trinajstić information content (AvgIpc) is 1.77. The molecule has 0 fully saturated rings. The van der Waals surface area contributed by atoms with Gasteiger partial charge in [-0.25, -0.2) is 21.2 Å². The van der Waals surface area contributed by atoms with Gasteiger partial charge in [0.2, 0.25) is 0 Å². The Morgan fingerprint density at radius 3 is 0.938 bits per heavy atom. The Morgan fingerprint density at radius 1 is 0.750 bits per heavy atom. The van der Waals surface area contributed by atoms with E-state index in [-0.39, 0.29) is 59.1 Å². The summed E-state index contributed by atoms with van der Waals surface area (Å²) < 4.78 is 99.0. The van der Waals surface area contributed by atoms with Crippen molar-refractivity contribution in [3.8, 4) is 0 Å². The topological polar surface area (TPSA) is 114 Å². The van der Waals surface area contributed by atoms with E-state index < -0.39 is 30.7 Å². The molecule has 0 N–H and O–H groups in total. The van der Waals surface area contributed by atoms with Gasteiger partial charge in [0.15, 0.2) is 20.2 Å². The molecule has 0 saturated carbocycles. The van der Waals surface area contributed by atoms with E-state index in [9.17, 15) is 43.5 Å². The number of alkyl halides is 4. The molecule has 0 aliphatic carbocycles. The average molecular weight is 306 g/mol. The molecule has 16 heavy (non-hydrogen) atoms. The minimum Gasteiger partial charge on any atom is -0.744 e. The van der Waals surface area contributed by atoms with E-state index in [0.717, 1.165) is 0 Å². The van der Waals surface area contributed by atoms with Gasteiger partial charge in [0.05, 0.1) is 0 Å². The Kier molecular flexibility index (Phi) is 8.69. The SMILES string of the molecule is O=S(=O)([O-])C(F)(C(F)(F)F)S(=O)(=O)[O-].[Na+].[Na+]. The second-order valence-electron chi connectivity index (χ2n) is 1.94. The molecule has 0 aliphatic rings. The Hall–Kier alpha value is 1.54. The van der Waals surface area contributed by atoms with E-state index in [1.54, 1.807) is 0 Å². The molecule has 0 aromatic carbocycles. The van der Waals surface area contributed by atoms with Gasteiger partial charge in [-0.15, -0.1) is 0 Å². The zero-order chi connectivity index (χ0) is 12.0. The molecule has 0 spiro atoms. The van der Waals surface area contributed by atoms with Crippen molar-refractivity contribution in [2.24, 2.45) is 0 Å². The van der Waals surface area contributed by atoms with Crippen molar-refractivity contribution in [1.82, 2.24) is 0 Å². The molecule has 14 heteroatoms. The molecule has 6 nitrogen and oxygen atoms in total. The summed E-state index contributed by atoms with van der Waals surface area (Å²) >= 11 is 0. The van der Waals surface area contributed by atoms with Crippen molar-refractivity contribution in [1.29, 1.82) is 0 Å². The van der Waals surface area contributed by atoms with Crippen molar-refractivity contribution in [2.45, 2.75) is 10.5 Å². The fourth-order valence-electron chi connectivity index (χ4n) is 0.408. The fraction of sp³-hybridized carbons (Fsp3) is 1.00. The summed E-state index contributed by atoms with van der Waals surface area (Å²) in [5.74, 6) is 0. The quantitative estimate of drug-likeness (QED) is 0.284. The summed E-state index contributed by atoms with van der Waals surface area (Å²) in [4.78, 5) is 0. The van der Waals surface area contributed by atoms with E-state index in [1.807, 2.05) is 0 Å². The van der Waals surface area contributed by atoms with Crippen LogP contribution in [-0.2, 0) is 20.2 Å². The number of hydrogen-bond donors (Lipinski definition) is 0. The van der Waals surface area contributed by atoms with Gasteiger partial charge >= 0.3 is 69.6 Å². The van der Waals surface area contributed by atoms with Crippen LogP contribution in [0.15, 0.2) is 0 Å². The molecule has 0 bridgehead atoms. The summed E-state index contributed by atoms with van der Waals surface area (Å²) in [6, 6.07) is 0. The van der Waals surface area contributed by atoms with Crippen molar-refractivity contribution < 1.29 is 103 Å². The Morgan fingerprint density at radius 2 is 0.938 bits per heavy atom. The standard InChI is InChI=1S/C2H2F4O6S2.2Na/c3-1(4,5)2(6,13(7,8)9)14(10,11)12;;/h(H,7,8,9)(H,10,11,12);;/q;2*+1/p-2. The molecule has 0 aliphatic heterocycles. The Bertz CT molecular complexity index is 392. The number of hydrogen-bond acceptors (Lipinski definition) is 6. The van der Waals surface area contributed by atoms with Crippen LogP contribution in [0.2, 0.25) is 0 Å². The van der Waals surface area contributed by atoms with Crippen molar-refractivity contribution in [3.05, 3.63) is 0 Å². The first-order valence-electron chi connectivity index (χ1n) is 2.41. The molecule has 0 amide bonds. The predicted octanol–water partition coefficient (Wildman–Crippen LogP) is -6.73. The van der Waals surface area contributed by atoms with E-state index in [2.05, 4.69) is 0 Å². The summed E-state index contributed by atoms with van der Waals surface area (Å²) in [6.07, 6.45) is -6.64. The van der Waals surface area contributed by atoms with Gasteiger partial charge in [-0.1, -0.05) is 0 Å². The molecule has 0 radical (unpaired) electrons. The van der Waals surface area contributed by atoms with E-state index in [4.69, 9.17) is 0 Å². The van der Waals surface area contributed by atoms with Crippen molar-refractivity contribution in [2.75, 3.05) is 0 Å². The third-order valence-corrected chi connectivity index (χ3v) is 3.96. The van der Waals surface area contributed by atoms with Crippen LogP contribution in [0.3, 0.4) is 0 Å². The zero-order valence-electron chi connectivity index (χ0n) is 7.78. The maximum atomic E-state index is 12.4. The van der Waals surface area contributed by atoms with Crippen LogP contribution in [0.4, 0.5) is 17.6 Å². The molecular weight excluding hydrogens is 306 g/mol. The largest absolute Gasteiger partial charge is 1.00 e. The van der Waals surface area contributed by atoms with Crippen LogP contribution >= 0.6 is 0 Å². The van der Waals surface area contributed by atoms with Gasteiger partial charge in [0.1, 0.15) is 0 Å². The van der Waals surface area contributed by atoms with Gasteiger partial charge < -0.3 is 9.11 Å². The molecular formula is C2F4Na2O6S2. The zero-order valence-corrected chi connectivity index (χ0v) is 13.4. The monoisotopic (exact) mass is 306 g/mol. The van der Waals surface area contributed by atoms with Crippen LogP contribution in [0.25, 0.3) is 0 Å². The summed E-state index contributed by atoms with van der Waals surface area (Å²) in [5, 5.41) is 0. The van der Waals surface area contributed by atoms with E-state index in [1.165, 1.54) is 0 Å². The molecule has 0 heterocycles. The van der Waals surface area contributed by atoms with Crippen LogP contribution in [0.1, 0.15) is 0 Å².